The monoisotopic (exact) mass is 364 g/mol. The number of benzene rings is 2. The summed E-state index contributed by atoms with van der Waals surface area (Å²) in [7, 11) is 0. The van der Waals surface area contributed by atoms with Gasteiger partial charge in [-0.1, -0.05) is 11.6 Å². The number of nitriles is 2. The minimum Gasteiger partial charge on any atom is -0.489 e. The molecule has 0 atom stereocenters. The highest BCUT2D eigenvalue weighted by molar-refractivity contribution is 6.32. The van der Waals surface area contributed by atoms with Crippen molar-refractivity contribution < 1.29 is 4.74 Å². The van der Waals surface area contributed by atoms with Gasteiger partial charge in [0, 0.05) is 22.7 Å². The van der Waals surface area contributed by atoms with Crippen LogP contribution in [0.5, 0.6) is 5.75 Å². The molecule has 2 rings (SSSR count). The van der Waals surface area contributed by atoms with Crippen molar-refractivity contribution in [1.82, 2.24) is 0 Å². The van der Waals surface area contributed by atoms with E-state index in [0.29, 0.717) is 33.2 Å². The number of hydrogen-bond acceptors (Lipinski definition) is 5. The number of allylic oxidation sites excluding steroid dienone is 1. The van der Waals surface area contributed by atoms with Crippen molar-refractivity contribution in [2.24, 2.45) is 0 Å². The molecule has 0 heterocycles. The minimum absolute atomic E-state index is 0.212. The van der Waals surface area contributed by atoms with Crippen LogP contribution in [0.2, 0.25) is 5.02 Å². The molecule has 0 amide bonds. The largest absolute Gasteiger partial charge is 0.489 e. The Bertz CT molecular complexity index is 934. The summed E-state index contributed by atoms with van der Waals surface area (Å²) in [6, 6.07) is 15.9. The summed E-state index contributed by atoms with van der Waals surface area (Å²) in [6.45, 7) is 3.75. The van der Waals surface area contributed by atoms with Crippen molar-refractivity contribution in [2.75, 3.05) is 11.9 Å². The van der Waals surface area contributed by atoms with Crippen molar-refractivity contribution in [3.8, 4) is 17.9 Å². The fourth-order valence-corrected chi connectivity index (χ4v) is 2.48. The lowest BCUT2D eigenvalue weighted by atomic mass is 10.1. The minimum atomic E-state index is 0.212. The summed E-state index contributed by atoms with van der Waals surface area (Å²) in [5.74, 6) is 0.622. The molecule has 5 nitrogen and oxygen atoms in total. The van der Waals surface area contributed by atoms with Gasteiger partial charge in [-0.05, 0) is 56.3 Å². The van der Waals surface area contributed by atoms with Gasteiger partial charge in [0.15, 0.2) is 0 Å². The lowest BCUT2D eigenvalue weighted by Crippen LogP contribution is -2.13. The van der Waals surface area contributed by atoms with Crippen LogP contribution in [0.3, 0.4) is 0 Å². The molecule has 0 spiro atoms. The maximum Gasteiger partial charge on any atom is 0.119 e. The third kappa shape index (κ3) is 4.86. The van der Waals surface area contributed by atoms with Crippen LogP contribution in [0.1, 0.15) is 25.0 Å². The molecule has 2 aromatic carbocycles. The predicted octanol–water partition coefficient (Wildman–Crippen LogP) is 4.89. The third-order valence-electron chi connectivity index (χ3n) is 3.69. The Morgan fingerprint density at radius 1 is 1.12 bits per heavy atom. The van der Waals surface area contributed by atoms with E-state index in [-0.39, 0.29) is 6.61 Å². The van der Waals surface area contributed by atoms with Gasteiger partial charge in [0.05, 0.1) is 22.2 Å². The Labute approximate surface area is 157 Å². The van der Waals surface area contributed by atoms with Crippen LogP contribution in [-0.2, 0) is 0 Å². The topological polar surface area (TPSA) is 92.7 Å². The van der Waals surface area contributed by atoms with Crippen LogP contribution < -0.4 is 10.1 Å². The fraction of sp³-hybridized carbons (Fsp3) is 0.150. The average Bonchev–Trinajstić information content (AvgIpc) is 2.62. The molecule has 6 heteroatoms. The molecular formula is C20H17ClN4O. The van der Waals surface area contributed by atoms with E-state index in [2.05, 4.69) is 11.4 Å². The van der Waals surface area contributed by atoms with Gasteiger partial charge in [-0.3, -0.25) is 0 Å². The maximum atomic E-state index is 8.94. The number of anilines is 1. The molecule has 0 unspecified atom stereocenters. The van der Waals surface area contributed by atoms with Gasteiger partial charge in [-0.2, -0.15) is 10.5 Å². The summed E-state index contributed by atoms with van der Waals surface area (Å²) < 4.78 is 5.73. The van der Waals surface area contributed by atoms with E-state index >= 15 is 0 Å². The molecule has 0 radical (unpaired) electrons. The number of nitrogens with zero attached hydrogens (tertiary/aromatic N) is 2. The second kappa shape index (κ2) is 8.71. The smallest absolute Gasteiger partial charge is 0.119 e. The van der Waals surface area contributed by atoms with Crippen molar-refractivity contribution in [2.45, 2.75) is 13.8 Å². The van der Waals surface area contributed by atoms with Gasteiger partial charge in [0.2, 0.25) is 0 Å². The molecule has 0 saturated carbocycles. The van der Waals surface area contributed by atoms with E-state index in [9.17, 15) is 0 Å². The SMILES string of the molecule is CC(=N)/C(COc1ccc(C#N)cc1)=C(/C)Nc1ccc(C#N)c(Cl)c1. The molecule has 26 heavy (non-hydrogen) atoms. The zero-order valence-corrected chi connectivity index (χ0v) is 15.2. The predicted molar refractivity (Wildman–Crippen MR) is 103 cm³/mol. The van der Waals surface area contributed by atoms with E-state index in [0.717, 1.165) is 11.4 Å². The molecule has 0 fully saturated rings. The summed E-state index contributed by atoms with van der Waals surface area (Å²) in [5, 5.41) is 29.3. The van der Waals surface area contributed by atoms with Gasteiger partial charge < -0.3 is 15.5 Å². The van der Waals surface area contributed by atoms with Crippen molar-refractivity contribution in [3.05, 3.63) is 69.9 Å². The quantitative estimate of drug-likeness (QED) is 0.714. The average molecular weight is 365 g/mol. The lowest BCUT2D eigenvalue weighted by Gasteiger charge is -2.15. The second-order valence-electron chi connectivity index (χ2n) is 5.58. The Morgan fingerprint density at radius 2 is 1.81 bits per heavy atom. The Balaban J connectivity index is 2.15. The molecule has 2 aromatic rings. The van der Waals surface area contributed by atoms with E-state index in [4.69, 9.17) is 32.3 Å². The highest BCUT2D eigenvalue weighted by Gasteiger charge is 2.09. The number of ether oxygens (including phenoxy) is 1. The first kappa shape index (κ1) is 19.1. The second-order valence-corrected chi connectivity index (χ2v) is 5.99. The van der Waals surface area contributed by atoms with Gasteiger partial charge in [-0.25, -0.2) is 0 Å². The van der Waals surface area contributed by atoms with Crippen LogP contribution in [0, 0.1) is 28.1 Å². The molecule has 0 bridgehead atoms. The van der Waals surface area contributed by atoms with Gasteiger partial charge in [0.1, 0.15) is 18.4 Å². The summed E-state index contributed by atoms with van der Waals surface area (Å²) in [5.41, 5.74) is 3.53. The normalized spacial score (nSPS) is 11.0. The van der Waals surface area contributed by atoms with Gasteiger partial charge in [0.25, 0.3) is 0 Å². The van der Waals surface area contributed by atoms with Gasteiger partial charge >= 0.3 is 0 Å². The first-order chi connectivity index (χ1) is 12.4. The van der Waals surface area contributed by atoms with Crippen molar-refractivity contribution in [3.63, 3.8) is 0 Å². The fourth-order valence-electron chi connectivity index (χ4n) is 2.25. The van der Waals surface area contributed by atoms with Crippen LogP contribution in [0.25, 0.3) is 0 Å². The molecule has 0 aliphatic carbocycles. The van der Waals surface area contributed by atoms with Crippen LogP contribution in [0.4, 0.5) is 5.69 Å². The summed E-state index contributed by atoms with van der Waals surface area (Å²) in [4.78, 5) is 0. The Kier molecular flexibility index (Phi) is 6.38. The first-order valence-electron chi connectivity index (χ1n) is 7.79. The van der Waals surface area contributed by atoms with E-state index in [1.54, 1.807) is 49.4 Å². The molecule has 0 aliphatic rings. The first-order valence-corrected chi connectivity index (χ1v) is 8.17. The lowest BCUT2D eigenvalue weighted by molar-refractivity contribution is 0.356. The molecule has 2 N–H and O–H groups in total. The molecule has 0 aromatic heterocycles. The van der Waals surface area contributed by atoms with Crippen LogP contribution >= 0.6 is 11.6 Å². The molecule has 0 saturated heterocycles. The maximum absolute atomic E-state index is 8.94. The number of rotatable bonds is 6. The van der Waals surface area contributed by atoms with E-state index in [1.165, 1.54) is 0 Å². The number of halogens is 1. The van der Waals surface area contributed by atoms with Crippen LogP contribution in [0.15, 0.2) is 53.7 Å². The van der Waals surface area contributed by atoms with Crippen molar-refractivity contribution in [1.29, 1.82) is 15.9 Å². The van der Waals surface area contributed by atoms with Crippen LogP contribution in [-0.4, -0.2) is 12.3 Å². The Morgan fingerprint density at radius 3 is 2.35 bits per heavy atom. The Hall–Kier alpha value is -3.28. The number of nitrogens with one attached hydrogen (secondary N) is 2. The van der Waals surface area contributed by atoms with E-state index in [1.807, 2.05) is 13.0 Å². The molecule has 130 valence electrons. The standard InChI is InChI=1S/C20H17ClN4O/c1-13(24)19(12-26-18-7-3-15(10-22)4-8-18)14(2)25-17-6-5-16(11-23)20(21)9-17/h3-9,24-25H,12H2,1-2H3/b19-14-,24-13?. The molecular weight excluding hydrogens is 348 g/mol. The molecule has 0 aliphatic heterocycles. The zero-order valence-electron chi connectivity index (χ0n) is 14.4. The third-order valence-corrected chi connectivity index (χ3v) is 4.01. The summed E-state index contributed by atoms with van der Waals surface area (Å²) >= 11 is 6.05. The van der Waals surface area contributed by atoms with Gasteiger partial charge in [-0.15, -0.1) is 0 Å². The summed E-state index contributed by atoms with van der Waals surface area (Å²) in [6.07, 6.45) is 0. The van der Waals surface area contributed by atoms with Crippen molar-refractivity contribution >= 4 is 23.0 Å². The highest BCUT2D eigenvalue weighted by Crippen LogP contribution is 2.22. The highest BCUT2D eigenvalue weighted by atomic mass is 35.5. The van der Waals surface area contributed by atoms with E-state index < -0.39 is 0 Å². The number of hydrogen-bond donors (Lipinski definition) is 2. The zero-order chi connectivity index (χ0) is 19.1.